The highest BCUT2D eigenvalue weighted by Crippen LogP contribution is 2.39. The minimum atomic E-state index is -0.404. The van der Waals surface area contributed by atoms with Gasteiger partial charge < -0.3 is 4.74 Å². The van der Waals surface area contributed by atoms with E-state index in [4.69, 9.17) is 4.74 Å². The number of ether oxygens (including phenoxy) is 1. The molecular weight excluding hydrogens is 332 g/mol. The van der Waals surface area contributed by atoms with Gasteiger partial charge in [0, 0.05) is 5.57 Å². The number of Topliss-reactive ketones (excluding diaryl/α,β-unsaturated/α-hetero) is 1. The Balaban J connectivity index is 1.80. The Kier molecular flexibility index (Phi) is 4.64. The molecule has 1 unspecified atom stereocenters. The molecule has 3 aromatic carbocycles. The second-order valence-corrected chi connectivity index (χ2v) is 7.15. The Hall–Kier alpha value is -3.13. The van der Waals surface area contributed by atoms with Gasteiger partial charge in [-0.25, -0.2) is 0 Å². The van der Waals surface area contributed by atoms with Crippen LogP contribution in [0.3, 0.4) is 0 Å². The van der Waals surface area contributed by atoms with Crippen molar-refractivity contribution in [3.05, 3.63) is 107 Å². The molecule has 0 fully saturated rings. The molecule has 1 aliphatic rings. The quantitative estimate of drug-likeness (QED) is 0.523. The minimum Gasteiger partial charge on any atom is -0.480 e. The molecule has 1 atom stereocenters. The van der Waals surface area contributed by atoms with Crippen molar-refractivity contribution in [3.8, 4) is 5.75 Å². The molecule has 1 aliphatic heterocycles. The van der Waals surface area contributed by atoms with Crippen molar-refractivity contribution in [1.29, 1.82) is 0 Å². The number of carbonyl (C=O) groups is 1. The second-order valence-electron chi connectivity index (χ2n) is 7.15. The van der Waals surface area contributed by atoms with Gasteiger partial charge in [-0.1, -0.05) is 80.6 Å². The topological polar surface area (TPSA) is 26.3 Å². The number of hydrogen-bond acceptors (Lipinski definition) is 2. The summed E-state index contributed by atoms with van der Waals surface area (Å²) in [4.78, 5) is 13.2. The molecule has 0 saturated heterocycles. The molecule has 0 spiro atoms. The maximum Gasteiger partial charge on any atom is 0.196 e. The molecule has 0 N–H and O–H groups in total. The van der Waals surface area contributed by atoms with E-state index >= 15 is 0 Å². The SMILES string of the molecule is CC(C)c1ccc(/C=C2\C(=O)c3ccccc3OC2c2ccccc2)cc1. The highest BCUT2D eigenvalue weighted by Gasteiger charge is 2.32. The van der Waals surface area contributed by atoms with Crippen LogP contribution in [0.15, 0.2) is 84.4 Å². The van der Waals surface area contributed by atoms with Gasteiger partial charge in [0.2, 0.25) is 0 Å². The summed E-state index contributed by atoms with van der Waals surface area (Å²) in [5.74, 6) is 1.15. The third-order valence-corrected chi connectivity index (χ3v) is 4.95. The summed E-state index contributed by atoms with van der Waals surface area (Å²) in [6, 6.07) is 25.7. The predicted molar refractivity (Wildman–Crippen MR) is 109 cm³/mol. The summed E-state index contributed by atoms with van der Waals surface area (Å²) in [5, 5.41) is 0. The molecular formula is C25H22O2. The average molecular weight is 354 g/mol. The van der Waals surface area contributed by atoms with Gasteiger partial charge in [0.05, 0.1) is 5.56 Å². The zero-order valence-electron chi connectivity index (χ0n) is 15.6. The third-order valence-electron chi connectivity index (χ3n) is 4.95. The Labute approximate surface area is 160 Å². The first-order valence-corrected chi connectivity index (χ1v) is 9.30. The van der Waals surface area contributed by atoms with Gasteiger partial charge in [0.15, 0.2) is 11.9 Å². The lowest BCUT2D eigenvalue weighted by Gasteiger charge is -2.28. The number of fused-ring (bicyclic) bond motifs is 1. The van der Waals surface area contributed by atoms with Crippen molar-refractivity contribution in [1.82, 2.24) is 0 Å². The predicted octanol–water partition coefficient (Wildman–Crippen LogP) is 6.21. The molecule has 0 amide bonds. The van der Waals surface area contributed by atoms with Crippen LogP contribution >= 0.6 is 0 Å². The molecule has 134 valence electrons. The van der Waals surface area contributed by atoms with E-state index in [9.17, 15) is 4.79 Å². The Morgan fingerprint density at radius 3 is 2.22 bits per heavy atom. The summed E-state index contributed by atoms with van der Waals surface area (Å²) in [5.41, 5.74) is 4.55. The van der Waals surface area contributed by atoms with Crippen LogP contribution in [0.4, 0.5) is 0 Å². The fourth-order valence-corrected chi connectivity index (χ4v) is 3.40. The van der Waals surface area contributed by atoms with Crippen LogP contribution in [0, 0.1) is 0 Å². The van der Waals surface area contributed by atoms with Gasteiger partial charge in [-0.2, -0.15) is 0 Å². The van der Waals surface area contributed by atoms with Crippen molar-refractivity contribution in [2.24, 2.45) is 0 Å². The van der Waals surface area contributed by atoms with Crippen LogP contribution in [-0.4, -0.2) is 5.78 Å². The van der Waals surface area contributed by atoms with Crippen molar-refractivity contribution >= 4 is 11.9 Å². The van der Waals surface area contributed by atoms with Gasteiger partial charge in [-0.15, -0.1) is 0 Å². The number of carbonyl (C=O) groups excluding carboxylic acids is 1. The zero-order valence-corrected chi connectivity index (χ0v) is 15.6. The molecule has 0 saturated carbocycles. The van der Waals surface area contributed by atoms with Crippen LogP contribution in [0.25, 0.3) is 6.08 Å². The molecule has 2 nitrogen and oxygen atoms in total. The van der Waals surface area contributed by atoms with E-state index in [2.05, 4.69) is 38.1 Å². The maximum atomic E-state index is 13.2. The van der Waals surface area contributed by atoms with E-state index in [0.29, 0.717) is 22.8 Å². The van der Waals surface area contributed by atoms with Crippen LogP contribution < -0.4 is 4.74 Å². The third kappa shape index (κ3) is 3.43. The van der Waals surface area contributed by atoms with Gasteiger partial charge in [0.25, 0.3) is 0 Å². The van der Waals surface area contributed by atoms with E-state index in [1.165, 1.54) is 5.56 Å². The summed E-state index contributed by atoms with van der Waals surface area (Å²) < 4.78 is 6.25. The molecule has 0 radical (unpaired) electrons. The van der Waals surface area contributed by atoms with Crippen molar-refractivity contribution < 1.29 is 9.53 Å². The minimum absolute atomic E-state index is 0.0265. The van der Waals surface area contributed by atoms with Crippen LogP contribution in [-0.2, 0) is 0 Å². The first-order chi connectivity index (χ1) is 13.1. The first kappa shape index (κ1) is 17.3. The monoisotopic (exact) mass is 354 g/mol. The molecule has 27 heavy (non-hydrogen) atoms. The van der Waals surface area contributed by atoms with Gasteiger partial charge in [0.1, 0.15) is 5.75 Å². The maximum absolute atomic E-state index is 13.2. The normalized spacial score (nSPS) is 17.7. The zero-order chi connectivity index (χ0) is 18.8. The van der Waals surface area contributed by atoms with E-state index in [0.717, 1.165) is 11.1 Å². The van der Waals surface area contributed by atoms with E-state index in [1.54, 1.807) is 0 Å². The van der Waals surface area contributed by atoms with Gasteiger partial charge in [-0.05, 0) is 40.8 Å². The summed E-state index contributed by atoms with van der Waals surface area (Å²) in [7, 11) is 0. The largest absolute Gasteiger partial charge is 0.480 e. The Bertz CT molecular complexity index is 982. The number of hydrogen-bond donors (Lipinski definition) is 0. The lowest BCUT2D eigenvalue weighted by Crippen LogP contribution is -2.23. The van der Waals surface area contributed by atoms with Crippen molar-refractivity contribution in [2.75, 3.05) is 0 Å². The molecule has 4 rings (SSSR count). The summed E-state index contributed by atoms with van der Waals surface area (Å²) in [6.07, 6.45) is 1.55. The fraction of sp³-hybridized carbons (Fsp3) is 0.160. The number of rotatable bonds is 3. The Morgan fingerprint density at radius 2 is 1.52 bits per heavy atom. The number of para-hydroxylation sites is 1. The molecule has 1 heterocycles. The van der Waals surface area contributed by atoms with Crippen molar-refractivity contribution in [3.63, 3.8) is 0 Å². The molecule has 0 bridgehead atoms. The number of benzene rings is 3. The fourth-order valence-electron chi connectivity index (χ4n) is 3.40. The second kappa shape index (κ2) is 7.24. The molecule has 3 aromatic rings. The van der Waals surface area contributed by atoms with Gasteiger partial charge in [-0.3, -0.25) is 4.79 Å². The van der Waals surface area contributed by atoms with Crippen molar-refractivity contribution in [2.45, 2.75) is 25.9 Å². The standard InChI is InChI=1S/C25H22O2/c1-17(2)19-14-12-18(13-15-19)16-22-24(26)21-10-6-7-11-23(21)27-25(22)20-8-4-3-5-9-20/h3-17,25H,1-2H3/b22-16+. The first-order valence-electron chi connectivity index (χ1n) is 9.30. The van der Waals surface area contributed by atoms with Crippen LogP contribution in [0.2, 0.25) is 0 Å². The lowest BCUT2D eigenvalue weighted by molar-refractivity contribution is 0.0963. The molecule has 2 heteroatoms. The lowest BCUT2D eigenvalue weighted by atomic mass is 9.89. The molecule has 0 aliphatic carbocycles. The number of ketones is 1. The highest BCUT2D eigenvalue weighted by atomic mass is 16.5. The smallest absolute Gasteiger partial charge is 0.196 e. The van der Waals surface area contributed by atoms with Crippen LogP contribution in [0.1, 0.15) is 52.9 Å². The molecule has 0 aromatic heterocycles. The van der Waals surface area contributed by atoms with E-state index < -0.39 is 6.10 Å². The van der Waals surface area contributed by atoms with E-state index in [1.807, 2.05) is 60.7 Å². The Morgan fingerprint density at radius 1 is 0.852 bits per heavy atom. The van der Waals surface area contributed by atoms with Gasteiger partial charge >= 0.3 is 0 Å². The highest BCUT2D eigenvalue weighted by molar-refractivity contribution is 6.14. The summed E-state index contributed by atoms with van der Waals surface area (Å²) in [6.45, 7) is 4.35. The van der Waals surface area contributed by atoms with Crippen LogP contribution in [0.5, 0.6) is 5.75 Å². The summed E-state index contributed by atoms with van der Waals surface area (Å²) >= 11 is 0. The van der Waals surface area contributed by atoms with E-state index in [-0.39, 0.29) is 5.78 Å². The average Bonchev–Trinajstić information content (AvgIpc) is 2.71.